The smallest absolute Gasteiger partial charge is 0.203 e. The van der Waals surface area contributed by atoms with E-state index in [2.05, 4.69) is 21.8 Å². The fraction of sp³-hybridized carbons (Fsp3) is 0.667. The maximum Gasteiger partial charge on any atom is 0.203 e. The first-order valence-electron chi connectivity index (χ1n) is 7.27. The highest BCUT2D eigenvalue weighted by Gasteiger charge is 2.35. The zero-order valence-electron chi connectivity index (χ0n) is 13.2. The van der Waals surface area contributed by atoms with E-state index >= 15 is 0 Å². The van der Waals surface area contributed by atoms with E-state index in [1.54, 1.807) is 11.8 Å². The molecular weight excluding hydrogens is 252 g/mol. The molecule has 0 aliphatic carbocycles. The molecule has 0 radical (unpaired) electrons. The van der Waals surface area contributed by atoms with Crippen molar-refractivity contribution < 1.29 is 5.11 Å². The quantitative estimate of drug-likeness (QED) is 0.457. The molecule has 1 saturated heterocycles. The summed E-state index contributed by atoms with van der Waals surface area (Å²) in [6, 6.07) is 0. The van der Waals surface area contributed by atoms with Crippen molar-refractivity contribution in [2.24, 2.45) is 4.99 Å². The maximum atomic E-state index is 10.9. The molecule has 1 aliphatic rings. The predicted octanol–water partition coefficient (Wildman–Crippen LogP) is 1.74. The molecule has 1 heterocycles. The number of hydrogen-bond acceptors (Lipinski definition) is 3. The van der Waals surface area contributed by atoms with E-state index in [0.717, 1.165) is 44.0 Å². The second-order valence-corrected chi connectivity index (χ2v) is 5.16. The lowest BCUT2D eigenvalue weighted by Crippen LogP contribution is -2.55. The van der Waals surface area contributed by atoms with Crippen molar-refractivity contribution in [1.29, 1.82) is 0 Å². The molecule has 2 N–H and O–H groups in total. The van der Waals surface area contributed by atoms with Gasteiger partial charge >= 0.3 is 0 Å². The molecule has 0 amide bonds. The summed E-state index contributed by atoms with van der Waals surface area (Å²) in [4.78, 5) is 8.36. The van der Waals surface area contributed by atoms with Crippen LogP contribution in [0.1, 0.15) is 33.1 Å². The number of nitrogens with zero attached hydrogens (tertiary/aromatic N) is 3. The molecule has 5 heteroatoms. The second-order valence-electron chi connectivity index (χ2n) is 5.16. The monoisotopic (exact) mass is 280 g/mol. The molecule has 0 aromatic rings. The predicted molar refractivity (Wildman–Crippen MR) is 84.3 cm³/mol. The Hall–Kier alpha value is -1.49. The molecule has 1 fully saturated rings. The number of hydrogen-bond donors (Lipinski definition) is 2. The number of likely N-dealkylation sites (N-methyl/N-ethyl adjacent to an activating group) is 2. The van der Waals surface area contributed by atoms with Crippen molar-refractivity contribution in [3.05, 3.63) is 24.6 Å². The fourth-order valence-electron chi connectivity index (χ4n) is 2.49. The standard InChI is InChI=1S/C15H28N4O/c1-6-10-13(16-4)15(3,20)18(5)14(17-7-2)19-11-8-9-12-19/h7,10,16,20H,2,6,8-9,11-12H2,1,3-5H3/b13-10+,17-14+. The summed E-state index contributed by atoms with van der Waals surface area (Å²) in [6.45, 7) is 9.45. The summed E-state index contributed by atoms with van der Waals surface area (Å²) in [6.07, 6.45) is 6.71. The third-order valence-electron chi connectivity index (χ3n) is 3.74. The van der Waals surface area contributed by atoms with E-state index in [0.29, 0.717) is 0 Å². The summed E-state index contributed by atoms with van der Waals surface area (Å²) >= 11 is 0. The number of aliphatic imine (C=N–C) groups is 1. The first kappa shape index (κ1) is 16.6. The normalized spacial score (nSPS) is 19.8. The first-order valence-corrected chi connectivity index (χ1v) is 7.27. The van der Waals surface area contributed by atoms with E-state index in [9.17, 15) is 5.11 Å². The third-order valence-corrected chi connectivity index (χ3v) is 3.74. The second kappa shape index (κ2) is 7.33. The molecule has 114 valence electrons. The van der Waals surface area contributed by atoms with Crippen molar-refractivity contribution in [1.82, 2.24) is 15.1 Å². The van der Waals surface area contributed by atoms with Crippen LogP contribution in [0.2, 0.25) is 0 Å². The average molecular weight is 280 g/mol. The van der Waals surface area contributed by atoms with Crippen molar-refractivity contribution >= 4 is 5.96 Å². The van der Waals surface area contributed by atoms with Gasteiger partial charge in [-0.05, 0) is 26.2 Å². The average Bonchev–Trinajstić information content (AvgIpc) is 2.94. The summed E-state index contributed by atoms with van der Waals surface area (Å²) in [5, 5.41) is 14.0. The van der Waals surface area contributed by atoms with Gasteiger partial charge < -0.3 is 20.2 Å². The number of rotatable bonds is 5. The molecule has 0 saturated carbocycles. The van der Waals surface area contributed by atoms with Gasteiger partial charge in [-0.1, -0.05) is 19.6 Å². The van der Waals surface area contributed by atoms with Gasteiger partial charge in [0.2, 0.25) is 5.96 Å². The van der Waals surface area contributed by atoms with E-state index in [4.69, 9.17) is 0 Å². The molecular formula is C15H28N4O. The van der Waals surface area contributed by atoms with Crippen LogP contribution in [0.15, 0.2) is 29.5 Å². The van der Waals surface area contributed by atoms with E-state index in [-0.39, 0.29) is 0 Å². The van der Waals surface area contributed by atoms with Gasteiger partial charge in [0.15, 0.2) is 5.72 Å². The van der Waals surface area contributed by atoms with Crippen molar-refractivity contribution in [2.75, 3.05) is 27.2 Å². The van der Waals surface area contributed by atoms with Crippen LogP contribution in [0.3, 0.4) is 0 Å². The van der Waals surface area contributed by atoms with Gasteiger partial charge in [0, 0.05) is 33.4 Å². The molecule has 1 rings (SSSR count). The lowest BCUT2D eigenvalue weighted by atomic mass is 10.1. The molecule has 0 bridgehead atoms. The Labute approximate surface area is 122 Å². The van der Waals surface area contributed by atoms with Gasteiger partial charge in [-0.3, -0.25) is 0 Å². The van der Waals surface area contributed by atoms with Gasteiger partial charge in [0.05, 0.1) is 5.70 Å². The molecule has 5 nitrogen and oxygen atoms in total. The van der Waals surface area contributed by atoms with Gasteiger partial charge in [0.25, 0.3) is 0 Å². The van der Waals surface area contributed by atoms with Crippen LogP contribution in [-0.2, 0) is 0 Å². The number of nitrogens with one attached hydrogen (secondary N) is 1. The fourth-order valence-corrected chi connectivity index (χ4v) is 2.49. The van der Waals surface area contributed by atoms with Gasteiger partial charge in [-0.15, -0.1) is 0 Å². The summed E-state index contributed by atoms with van der Waals surface area (Å²) < 4.78 is 0. The van der Waals surface area contributed by atoms with Crippen molar-refractivity contribution in [3.63, 3.8) is 0 Å². The largest absolute Gasteiger partial charge is 0.388 e. The molecule has 0 aromatic heterocycles. The number of likely N-dealkylation sites (tertiary alicyclic amines) is 1. The van der Waals surface area contributed by atoms with Crippen molar-refractivity contribution in [3.8, 4) is 0 Å². The Morgan fingerprint density at radius 1 is 1.50 bits per heavy atom. The Balaban J connectivity index is 3.03. The van der Waals surface area contributed by atoms with Gasteiger partial charge in [0.1, 0.15) is 0 Å². The minimum Gasteiger partial charge on any atom is -0.388 e. The lowest BCUT2D eigenvalue weighted by Gasteiger charge is -2.40. The Morgan fingerprint density at radius 2 is 2.10 bits per heavy atom. The van der Waals surface area contributed by atoms with Gasteiger partial charge in [-0.2, -0.15) is 0 Å². The van der Waals surface area contributed by atoms with E-state index < -0.39 is 5.72 Å². The zero-order chi connectivity index (χ0) is 15.2. The van der Waals surface area contributed by atoms with Crippen LogP contribution in [0.25, 0.3) is 0 Å². The SMILES string of the molecule is C=C/N=C(/N1CCCC1)N(C)C(C)(O)/C(=C\CC)NC. The highest BCUT2D eigenvalue weighted by molar-refractivity contribution is 5.81. The summed E-state index contributed by atoms with van der Waals surface area (Å²) in [7, 11) is 3.69. The molecule has 0 aromatic carbocycles. The Morgan fingerprint density at radius 3 is 2.55 bits per heavy atom. The van der Waals surface area contributed by atoms with Crippen LogP contribution in [-0.4, -0.2) is 53.8 Å². The highest BCUT2D eigenvalue weighted by Crippen LogP contribution is 2.22. The van der Waals surface area contributed by atoms with Crippen molar-refractivity contribution in [2.45, 2.75) is 38.8 Å². The number of allylic oxidation sites excluding steroid dienone is 1. The summed E-state index contributed by atoms with van der Waals surface area (Å²) in [5.41, 5.74) is -0.353. The molecule has 1 atom stereocenters. The van der Waals surface area contributed by atoms with E-state index in [1.807, 2.05) is 27.1 Å². The van der Waals surface area contributed by atoms with Crippen LogP contribution < -0.4 is 5.32 Å². The van der Waals surface area contributed by atoms with Crippen LogP contribution in [0, 0.1) is 0 Å². The first-order chi connectivity index (χ1) is 9.48. The summed E-state index contributed by atoms with van der Waals surface area (Å²) in [5.74, 6) is 0.764. The van der Waals surface area contributed by atoms with Gasteiger partial charge in [-0.25, -0.2) is 4.99 Å². The number of guanidine groups is 1. The lowest BCUT2D eigenvalue weighted by molar-refractivity contribution is -0.0165. The van der Waals surface area contributed by atoms with Crippen LogP contribution in [0.5, 0.6) is 0 Å². The number of aliphatic hydroxyl groups is 1. The topological polar surface area (TPSA) is 51.1 Å². The van der Waals surface area contributed by atoms with E-state index in [1.165, 1.54) is 6.20 Å². The molecule has 0 spiro atoms. The third kappa shape index (κ3) is 3.54. The highest BCUT2D eigenvalue weighted by atomic mass is 16.3. The Kier molecular flexibility index (Phi) is 6.07. The minimum absolute atomic E-state index is 0.764. The minimum atomic E-state index is -1.13. The van der Waals surface area contributed by atoms with Crippen LogP contribution in [0.4, 0.5) is 0 Å². The maximum absolute atomic E-state index is 10.9. The van der Waals surface area contributed by atoms with Crippen LogP contribution >= 0.6 is 0 Å². The Bertz CT molecular complexity index is 381. The molecule has 1 aliphatic heterocycles. The molecule has 1 unspecified atom stereocenters. The molecule has 20 heavy (non-hydrogen) atoms. The zero-order valence-corrected chi connectivity index (χ0v) is 13.2.